The van der Waals surface area contributed by atoms with E-state index in [1.165, 1.54) is 10.4 Å². The van der Waals surface area contributed by atoms with E-state index in [4.69, 9.17) is 9.16 Å². The fourth-order valence-electron chi connectivity index (χ4n) is 4.98. The molecule has 3 rings (SSSR count). The molecule has 3 nitrogen and oxygen atoms in total. The molecule has 0 saturated heterocycles. The number of ketones is 1. The molecule has 1 aliphatic carbocycles. The molecule has 4 heteroatoms. The van der Waals surface area contributed by atoms with Crippen molar-refractivity contribution in [1.82, 2.24) is 0 Å². The first-order valence-corrected chi connectivity index (χ1v) is 13.1. The molecule has 1 aliphatic rings. The minimum Gasteiger partial charge on any atom is -0.402 e. The van der Waals surface area contributed by atoms with Crippen molar-refractivity contribution in [2.45, 2.75) is 70.6 Å². The van der Waals surface area contributed by atoms with Gasteiger partial charge >= 0.3 is 0 Å². The average molecular weight is 425 g/mol. The van der Waals surface area contributed by atoms with Crippen molar-refractivity contribution in [2.75, 3.05) is 7.11 Å². The van der Waals surface area contributed by atoms with Crippen molar-refractivity contribution in [2.24, 2.45) is 5.92 Å². The van der Waals surface area contributed by atoms with Gasteiger partial charge in [-0.1, -0.05) is 88.4 Å². The first-order valence-electron chi connectivity index (χ1n) is 11.2. The molecule has 0 amide bonds. The molecule has 0 radical (unpaired) electrons. The Labute approximate surface area is 182 Å². The standard InChI is InChI=1S/C26H36O3Si/c1-6-23(27)20-17-18-24(25(19-20)28-5)29-30(26(2,3)4,21-13-9-7-10-14-21)22-15-11-8-12-16-22/h7-16,20,24-25H,6,17-19H2,1-5H3/t20-,24-,25-/m1/s1. The molecule has 162 valence electrons. The van der Waals surface area contributed by atoms with Crippen LogP contribution in [0.2, 0.25) is 5.04 Å². The van der Waals surface area contributed by atoms with Crippen LogP contribution in [0, 0.1) is 5.92 Å². The van der Waals surface area contributed by atoms with Crippen LogP contribution in [0.1, 0.15) is 53.4 Å². The van der Waals surface area contributed by atoms with Crippen molar-refractivity contribution < 1.29 is 14.0 Å². The summed E-state index contributed by atoms with van der Waals surface area (Å²) in [5.41, 5.74) is 0. The highest BCUT2D eigenvalue weighted by Gasteiger charge is 2.52. The Kier molecular flexibility index (Phi) is 7.33. The monoisotopic (exact) mass is 424 g/mol. The van der Waals surface area contributed by atoms with Crippen LogP contribution < -0.4 is 10.4 Å². The number of methoxy groups -OCH3 is 1. The van der Waals surface area contributed by atoms with Gasteiger partial charge in [0.2, 0.25) is 0 Å². The Morgan fingerprint density at radius 2 is 1.47 bits per heavy atom. The van der Waals surface area contributed by atoms with Gasteiger partial charge in [-0.25, -0.2) is 0 Å². The van der Waals surface area contributed by atoms with Crippen molar-refractivity contribution in [3.05, 3.63) is 60.7 Å². The maximum atomic E-state index is 12.3. The highest BCUT2D eigenvalue weighted by Crippen LogP contribution is 2.40. The van der Waals surface area contributed by atoms with Gasteiger partial charge in [-0.05, 0) is 34.7 Å². The maximum absolute atomic E-state index is 12.3. The molecule has 0 heterocycles. The van der Waals surface area contributed by atoms with E-state index in [0.717, 1.165) is 19.3 Å². The molecule has 0 N–H and O–H groups in total. The van der Waals surface area contributed by atoms with Crippen molar-refractivity contribution in [3.8, 4) is 0 Å². The van der Waals surface area contributed by atoms with Crippen LogP contribution in [-0.2, 0) is 14.0 Å². The number of carbonyl (C=O) groups excluding carboxylic acids is 1. The zero-order valence-electron chi connectivity index (χ0n) is 19.1. The molecule has 0 spiro atoms. The van der Waals surface area contributed by atoms with Gasteiger partial charge in [0, 0.05) is 19.4 Å². The van der Waals surface area contributed by atoms with Crippen LogP contribution in [0.15, 0.2) is 60.7 Å². The third-order valence-corrected chi connectivity index (χ3v) is 11.6. The summed E-state index contributed by atoms with van der Waals surface area (Å²) in [6.45, 7) is 8.85. The molecule has 3 atom stereocenters. The Morgan fingerprint density at radius 1 is 0.933 bits per heavy atom. The van der Waals surface area contributed by atoms with E-state index in [1.54, 1.807) is 7.11 Å². The number of ether oxygens (including phenoxy) is 1. The lowest BCUT2D eigenvalue weighted by Crippen LogP contribution is -2.68. The van der Waals surface area contributed by atoms with Gasteiger partial charge in [-0.15, -0.1) is 0 Å². The van der Waals surface area contributed by atoms with Gasteiger partial charge in [0.1, 0.15) is 5.78 Å². The van der Waals surface area contributed by atoms with Crippen molar-refractivity contribution in [3.63, 3.8) is 0 Å². The van der Waals surface area contributed by atoms with Crippen LogP contribution >= 0.6 is 0 Å². The fourth-order valence-corrected chi connectivity index (χ4v) is 9.72. The molecule has 0 aliphatic heterocycles. The predicted molar refractivity (Wildman–Crippen MR) is 126 cm³/mol. The topological polar surface area (TPSA) is 35.5 Å². The summed E-state index contributed by atoms with van der Waals surface area (Å²) in [6, 6.07) is 21.5. The molecule has 0 bridgehead atoms. The number of hydrogen-bond donors (Lipinski definition) is 0. The summed E-state index contributed by atoms with van der Waals surface area (Å²) in [7, 11) is -0.862. The smallest absolute Gasteiger partial charge is 0.261 e. The second-order valence-corrected chi connectivity index (χ2v) is 13.7. The van der Waals surface area contributed by atoms with Crippen LogP contribution in [0.5, 0.6) is 0 Å². The van der Waals surface area contributed by atoms with Gasteiger partial charge in [0.05, 0.1) is 12.2 Å². The number of rotatable bonds is 7. The Morgan fingerprint density at radius 3 is 1.90 bits per heavy atom. The molecule has 1 saturated carbocycles. The van der Waals surface area contributed by atoms with E-state index in [9.17, 15) is 4.79 Å². The number of Topliss-reactive ketones (excluding diaryl/α,β-unsaturated/α-hetero) is 1. The van der Waals surface area contributed by atoms with Crippen LogP contribution in [0.3, 0.4) is 0 Å². The summed E-state index contributed by atoms with van der Waals surface area (Å²) in [6.07, 6.45) is 3.03. The first kappa shape index (κ1) is 22.9. The molecule has 2 aromatic rings. The van der Waals surface area contributed by atoms with Gasteiger partial charge in [0.15, 0.2) is 0 Å². The predicted octanol–water partition coefficient (Wildman–Crippen LogP) is 4.73. The lowest BCUT2D eigenvalue weighted by atomic mass is 9.82. The maximum Gasteiger partial charge on any atom is 0.261 e. The molecule has 30 heavy (non-hydrogen) atoms. The van der Waals surface area contributed by atoms with Crippen molar-refractivity contribution >= 4 is 24.5 Å². The molecule has 1 fully saturated rings. The van der Waals surface area contributed by atoms with Gasteiger partial charge in [-0.2, -0.15) is 0 Å². The van der Waals surface area contributed by atoms with E-state index in [1.807, 2.05) is 6.92 Å². The van der Waals surface area contributed by atoms with Crippen LogP contribution in [-0.4, -0.2) is 33.4 Å². The molecule has 0 unspecified atom stereocenters. The van der Waals surface area contributed by atoms with Gasteiger partial charge < -0.3 is 9.16 Å². The first-order chi connectivity index (χ1) is 14.3. The SMILES string of the molecule is CCC(=O)[C@@H]1CC[C@@H](O[Si](c2ccccc2)(c2ccccc2)C(C)(C)C)[C@H](OC)C1. The van der Waals surface area contributed by atoms with E-state index in [-0.39, 0.29) is 23.2 Å². The normalized spacial score (nSPS) is 22.6. The minimum atomic E-state index is -2.62. The quantitative estimate of drug-likeness (QED) is 0.603. The zero-order valence-corrected chi connectivity index (χ0v) is 20.1. The zero-order chi connectivity index (χ0) is 21.8. The van der Waals surface area contributed by atoms with Gasteiger partial charge in [-0.3, -0.25) is 4.79 Å². The Bertz CT molecular complexity index is 774. The summed E-state index contributed by atoms with van der Waals surface area (Å²) >= 11 is 0. The summed E-state index contributed by atoms with van der Waals surface area (Å²) < 4.78 is 13.2. The molecular weight excluding hydrogens is 388 g/mol. The highest BCUT2D eigenvalue weighted by molar-refractivity contribution is 6.99. The van der Waals surface area contributed by atoms with E-state index < -0.39 is 8.32 Å². The lowest BCUT2D eigenvalue weighted by Gasteiger charge is -2.47. The number of benzene rings is 2. The Hall–Kier alpha value is -1.75. The third-order valence-electron chi connectivity index (χ3n) is 6.58. The summed E-state index contributed by atoms with van der Waals surface area (Å²) in [4.78, 5) is 12.3. The lowest BCUT2D eigenvalue weighted by molar-refractivity contribution is -0.127. The van der Waals surface area contributed by atoms with Crippen LogP contribution in [0.4, 0.5) is 0 Å². The van der Waals surface area contributed by atoms with E-state index in [0.29, 0.717) is 12.2 Å². The third kappa shape index (κ3) is 4.46. The number of carbonyl (C=O) groups is 1. The van der Waals surface area contributed by atoms with Crippen LogP contribution in [0.25, 0.3) is 0 Å². The fraction of sp³-hybridized carbons (Fsp3) is 0.500. The highest BCUT2D eigenvalue weighted by atomic mass is 28.4. The summed E-state index contributed by atoms with van der Waals surface area (Å²) in [5.74, 6) is 0.444. The second kappa shape index (κ2) is 9.59. The summed E-state index contributed by atoms with van der Waals surface area (Å²) in [5, 5.41) is 2.50. The average Bonchev–Trinajstić information content (AvgIpc) is 2.77. The number of hydrogen-bond acceptors (Lipinski definition) is 3. The minimum absolute atomic E-state index is 0.0118. The van der Waals surface area contributed by atoms with E-state index in [2.05, 4.69) is 81.4 Å². The van der Waals surface area contributed by atoms with E-state index >= 15 is 0 Å². The molecule has 2 aromatic carbocycles. The second-order valence-electron chi connectivity index (χ2n) is 9.42. The molecule has 0 aromatic heterocycles. The van der Waals surface area contributed by atoms with Gasteiger partial charge in [0.25, 0.3) is 8.32 Å². The molecular formula is C26H36O3Si. The largest absolute Gasteiger partial charge is 0.402 e. The Balaban J connectivity index is 2.04. The van der Waals surface area contributed by atoms with Crippen molar-refractivity contribution in [1.29, 1.82) is 0 Å².